The molecule has 2 nitrogen and oxygen atoms in total. The molecule has 0 unspecified atom stereocenters. The molecule has 0 amide bonds. The summed E-state index contributed by atoms with van der Waals surface area (Å²) >= 11 is 0. The Morgan fingerprint density at radius 2 is 2.25 bits per heavy atom. The Bertz CT molecular complexity index is 45.8. The van der Waals surface area contributed by atoms with Gasteiger partial charge in [0.05, 0.1) is 6.10 Å². The van der Waals surface area contributed by atoms with Crippen LogP contribution in [0.5, 0.6) is 0 Å². The number of ether oxygens (including phenoxy) is 1. The van der Waals surface area contributed by atoms with Crippen LogP contribution >= 0.6 is 0 Å². The first-order valence-corrected chi connectivity index (χ1v) is 2.95. The zero-order valence-electron chi connectivity index (χ0n) is 5.55. The molecule has 1 atom stereocenters. The smallest absolute Gasteiger partial charge is 0.0544 e. The Balaban J connectivity index is 2.86. The first kappa shape index (κ1) is 7.92. The van der Waals surface area contributed by atoms with Crippen molar-refractivity contribution in [3.05, 3.63) is 0 Å². The van der Waals surface area contributed by atoms with Gasteiger partial charge in [0.25, 0.3) is 0 Å². The quantitative estimate of drug-likeness (QED) is 0.591. The highest BCUT2D eigenvalue weighted by Crippen LogP contribution is 1.97. The van der Waals surface area contributed by atoms with Crippen molar-refractivity contribution in [2.24, 2.45) is 0 Å². The third kappa shape index (κ3) is 4.09. The van der Waals surface area contributed by atoms with Crippen LogP contribution in [0.1, 0.15) is 19.8 Å². The van der Waals surface area contributed by atoms with Crippen molar-refractivity contribution in [3.63, 3.8) is 0 Å². The topological polar surface area (TPSA) is 29.5 Å². The van der Waals surface area contributed by atoms with Crippen molar-refractivity contribution in [2.45, 2.75) is 25.9 Å². The van der Waals surface area contributed by atoms with E-state index in [4.69, 9.17) is 9.84 Å². The van der Waals surface area contributed by atoms with Gasteiger partial charge in [-0.15, -0.1) is 0 Å². The Morgan fingerprint density at radius 3 is 2.62 bits per heavy atom. The van der Waals surface area contributed by atoms with E-state index in [0.717, 1.165) is 12.8 Å². The number of methoxy groups -OCH3 is 1. The Kier molecular flexibility index (Phi) is 5.01. The molecule has 0 bridgehead atoms. The van der Waals surface area contributed by atoms with Crippen LogP contribution in [0.2, 0.25) is 0 Å². The van der Waals surface area contributed by atoms with Crippen molar-refractivity contribution in [3.8, 4) is 0 Å². The van der Waals surface area contributed by atoms with Gasteiger partial charge in [0.1, 0.15) is 0 Å². The lowest BCUT2D eigenvalue weighted by molar-refractivity contribution is 0.103. The van der Waals surface area contributed by atoms with Crippen LogP contribution in [0.3, 0.4) is 0 Å². The second-order valence-corrected chi connectivity index (χ2v) is 1.91. The van der Waals surface area contributed by atoms with E-state index in [1.165, 1.54) is 0 Å². The number of hydrogen-bond donors (Lipinski definition) is 1. The minimum absolute atomic E-state index is 0.272. The Labute approximate surface area is 50.5 Å². The molecule has 0 aliphatic rings. The van der Waals surface area contributed by atoms with Gasteiger partial charge in [-0.25, -0.2) is 0 Å². The van der Waals surface area contributed by atoms with E-state index < -0.39 is 0 Å². The third-order valence-electron chi connectivity index (χ3n) is 1.17. The minimum atomic E-state index is 0.272. The van der Waals surface area contributed by atoms with Gasteiger partial charge in [-0.1, -0.05) is 0 Å². The maximum absolute atomic E-state index is 8.36. The zero-order valence-corrected chi connectivity index (χ0v) is 5.55. The molecule has 0 heterocycles. The molecule has 0 rings (SSSR count). The summed E-state index contributed by atoms with van der Waals surface area (Å²) in [4.78, 5) is 0. The van der Waals surface area contributed by atoms with Gasteiger partial charge in [-0.05, 0) is 19.8 Å². The summed E-state index contributed by atoms with van der Waals surface area (Å²) in [5.74, 6) is 0. The fraction of sp³-hybridized carbons (Fsp3) is 1.00. The standard InChI is InChI=1S/C6H14O2/c1-6(8-2)4-3-5-7/h6-7H,3-5H2,1-2H3/t6-/m0/s1. The number of rotatable bonds is 4. The fourth-order valence-corrected chi connectivity index (χ4v) is 0.497. The maximum Gasteiger partial charge on any atom is 0.0544 e. The third-order valence-corrected chi connectivity index (χ3v) is 1.17. The molecule has 0 aromatic heterocycles. The highest BCUT2D eigenvalue weighted by atomic mass is 16.5. The molecule has 2 heteroatoms. The Morgan fingerprint density at radius 1 is 1.62 bits per heavy atom. The van der Waals surface area contributed by atoms with Crippen molar-refractivity contribution in [1.29, 1.82) is 0 Å². The van der Waals surface area contributed by atoms with E-state index in [1.54, 1.807) is 7.11 Å². The highest BCUT2D eigenvalue weighted by Gasteiger charge is 1.95. The van der Waals surface area contributed by atoms with Gasteiger partial charge in [0, 0.05) is 13.7 Å². The highest BCUT2D eigenvalue weighted by molar-refractivity contribution is 4.46. The van der Waals surface area contributed by atoms with Crippen LogP contribution in [0, 0.1) is 0 Å². The molecule has 0 saturated carbocycles. The molecule has 50 valence electrons. The molecular formula is C6H14O2. The lowest BCUT2D eigenvalue weighted by Crippen LogP contribution is -2.04. The second-order valence-electron chi connectivity index (χ2n) is 1.91. The van der Waals surface area contributed by atoms with Crippen LogP contribution in [0.4, 0.5) is 0 Å². The predicted octanol–water partition coefficient (Wildman–Crippen LogP) is 0.794. The number of aliphatic hydroxyl groups is 1. The van der Waals surface area contributed by atoms with Gasteiger partial charge >= 0.3 is 0 Å². The van der Waals surface area contributed by atoms with E-state index in [1.807, 2.05) is 6.92 Å². The van der Waals surface area contributed by atoms with Crippen LogP contribution in [0.15, 0.2) is 0 Å². The van der Waals surface area contributed by atoms with Gasteiger partial charge in [0.2, 0.25) is 0 Å². The van der Waals surface area contributed by atoms with Crippen molar-refractivity contribution >= 4 is 0 Å². The first-order valence-electron chi connectivity index (χ1n) is 2.95. The molecule has 0 aliphatic heterocycles. The summed E-state index contributed by atoms with van der Waals surface area (Å²) in [6.45, 7) is 2.27. The first-order chi connectivity index (χ1) is 3.81. The molecule has 0 saturated heterocycles. The van der Waals surface area contributed by atoms with Crippen LogP contribution < -0.4 is 0 Å². The van der Waals surface area contributed by atoms with Crippen LogP contribution in [0.25, 0.3) is 0 Å². The molecule has 8 heavy (non-hydrogen) atoms. The molecule has 1 N–H and O–H groups in total. The molecule has 0 aromatic carbocycles. The molecule has 0 radical (unpaired) electrons. The lowest BCUT2D eigenvalue weighted by Gasteiger charge is -2.05. The van der Waals surface area contributed by atoms with Gasteiger partial charge in [-0.2, -0.15) is 0 Å². The summed E-state index contributed by atoms with van der Waals surface area (Å²) in [5, 5.41) is 8.36. The molecule has 0 spiro atoms. The summed E-state index contributed by atoms with van der Waals surface area (Å²) in [7, 11) is 1.68. The second kappa shape index (κ2) is 5.06. The summed E-state index contributed by atoms with van der Waals surface area (Å²) in [5.41, 5.74) is 0. The average molecular weight is 118 g/mol. The SMILES string of the molecule is CO[C@@H](C)CCCO. The Hall–Kier alpha value is -0.0800. The van der Waals surface area contributed by atoms with Crippen LogP contribution in [-0.2, 0) is 4.74 Å². The van der Waals surface area contributed by atoms with Crippen molar-refractivity contribution < 1.29 is 9.84 Å². The van der Waals surface area contributed by atoms with Gasteiger partial charge in [0.15, 0.2) is 0 Å². The molecule has 0 fully saturated rings. The van der Waals surface area contributed by atoms with Gasteiger partial charge < -0.3 is 9.84 Å². The molecule has 0 aromatic rings. The van der Waals surface area contributed by atoms with Crippen molar-refractivity contribution in [2.75, 3.05) is 13.7 Å². The largest absolute Gasteiger partial charge is 0.396 e. The van der Waals surface area contributed by atoms with Crippen LogP contribution in [-0.4, -0.2) is 24.9 Å². The summed E-state index contributed by atoms with van der Waals surface area (Å²) < 4.78 is 4.94. The predicted molar refractivity (Wildman–Crippen MR) is 32.8 cm³/mol. The maximum atomic E-state index is 8.36. The van der Waals surface area contributed by atoms with E-state index in [2.05, 4.69) is 0 Å². The van der Waals surface area contributed by atoms with E-state index in [-0.39, 0.29) is 6.61 Å². The van der Waals surface area contributed by atoms with Crippen molar-refractivity contribution in [1.82, 2.24) is 0 Å². The lowest BCUT2D eigenvalue weighted by atomic mass is 10.2. The van der Waals surface area contributed by atoms with E-state index >= 15 is 0 Å². The number of hydrogen-bond acceptors (Lipinski definition) is 2. The monoisotopic (exact) mass is 118 g/mol. The normalized spacial score (nSPS) is 13.9. The minimum Gasteiger partial charge on any atom is -0.396 e. The van der Waals surface area contributed by atoms with Gasteiger partial charge in [-0.3, -0.25) is 0 Å². The number of aliphatic hydroxyl groups excluding tert-OH is 1. The fourth-order valence-electron chi connectivity index (χ4n) is 0.497. The zero-order chi connectivity index (χ0) is 6.41. The molecular weight excluding hydrogens is 104 g/mol. The van der Waals surface area contributed by atoms with E-state index in [9.17, 15) is 0 Å². The molecule has 0 aliphatic carbocycles. The summed E-state index contributed by atoms with van der Waals surface area (Å²) in [6.07, 6.45) is 2.09. The average Bonchev–Trinajstić information content (AvgIpc) is 1.83. The van der Waals surface area contributed by atoms with E-state index in [0.29, 0.717) is 6.10 Å². The summed E-state index contributed by atoms with van der Waals surface area (Å²) in [6, 6.07) is 0.